The van der Waals surface area contributed by atoms with E-state index < -0.39 is 0 Å². The van der Waals surface area contributed by atoms with Crippen LogP contribution >= 0.6 is 0 Å². The van der Waals surface area contributed by atoms with E-state index in [2.05, 4.69) is 42.9 Å². The lowest BCUT2D eigenvalue weighted by Gasteiger charge is -2.25. The Bertz CT molecular complexity index is 254. The average molecular weight is 228 g/mol. The van der Waals surface area contributed by atoms with Crippen molar-refractivity contribution in [1.29, 1.82) is 0 Å². The summed E-state index contributed by atoms with van der Waals surface area (Å²) < 4.78 is 0. The maximum absolute atomic E-state index is 8.55. The van der Waals surface area contributed by atoms with Gasteiger partial charge in [0.25, 0.3) is 0 Å². The topological polar surface area (TPSA) is 65.1 Å². The van der Waals surface area contributed by atoms with Gasteiger partial charge in [-0.1, -0.05) is 12.1 Å². The van der Waals surface area contributed by atoms with E-state index in [-0.39, 0.29) is 0 Å². The molecule has 0 aromatic heterocycles. The van der Waals surface area contributed by atoms with Gasteiger partial charge in [0.05, 0.1) is 0 Å². The molecule has 0 amide bonds. The molecule has 1 rings (SSSR count). The standard InChI is InChI=1S/C11H24N4O/c1-8-6-15(7-10(8)14(3)4)9(2)5-11(12)13-16/h8-10,16H,5-7H2,1-4H3,(H2,12,13). The second-order valence-corrected chi connectivity index (χ2v) is 5.11. The summed E-state index contributed by atoms with van der Waals surface area (Å²) in [5, 5.41) is 11.6. The van der Waals surface area contributed by atoms with Crippen molar-refractivity contribution in [2.24, 2.45) is 16.8 Å². The summed E-state index contributed by atoms with van der Waals surface area (Å²) >= 11 is 0. The van der Waals surface area contributed by atoms with Gasteiger partial charge in [0.15, 0.2) is 0 Å². The van der Waals surface area contributed by atoms with Crippen molar-refractivity contribution in [1.82, 2.24) is 9.80 Å². The van der Waals surface area contributed by atoms with Crippen LogP contribution < -0.4 is 5.73 Å². The normalized spacial score (nSPS) is 29.9. The quantitative estimate of drug-likeness (QED) is 0.316. The molecule has 0 aromatic carbocycles. The zero-order valence-corrected chi connectivity index (χ0v) is 10.7. The van der Waals surface area contributed by atoms with E-state index in [1.807, 2.05) is 0 Å². The van der Waals surface area contributed by atoms with Crippen LogP contribution in [0.25, 0.3) is 0 Å². The minimum atomic E-state index is 0.313. The van der Waals surface area contributed by atoms with Crippen molar-refractivity contribution in [2.75, 3.05) is 27.2 Å². The van der Waals surface area contributed by atoms with E-state index in [4.69, 9.17) is 10.9 Å². The van der Waals surface area contributed by atoms with Crippen LogP contribution in [-0.2, 0) is 0 Å². The molecule has 0 aliphatic carbocycles. The number of hydrogen-bond acceptors (Lipinski definition) is 4. The zero-order chi connectivity index (χ0) is 12.3. The number of likely N-dealkylation sites (N-methyl/N-ethyl adjacent to an activating group) is 1. The van der Waals surface area contributed by atoms with Crippen molar-refractivity contribution in [2.45, 2.75) is 32.4 Å². The Morgan fingerprint density at radius 2 is 2.19 bits per heavy atom. The van der Waals surface area contributed by atoms with Crippen LogP contribution in [0.4, 0.5) is 0 Å². The first kappa shape index (κ1) is 13.3. The predicted molar refractivity (Wildman–Crippen MR) is 65.7 cm³/mol. The van der Waals surface area contributed by atoms with Crippen molar-refractivity contribution in [3.63, 3.8) is 0 Å². The molecule has 0 spiro atoms. The number of nitrogens with zero attached hydrogens (tertiary/aromatic N) is 3. The van der Waals surface area contributed by atoms with Gasteiger partial charge in [-0.2, -0.15) is 0 Å². The summed E-state index contributed by atoms with van der Waals surface area (Å²) in [7, 11) is 4.25. The van der Waals surface area contributed by atoms with Gasteiger partial charge in [-0.05, 0) is 26.9 Å². The third kappa shape index (κ3) is 3.09. The number of likely N-dealkylation sites (tertiary alicyclic amines) is 1. The Kier molecular flexibility index (Phi) is 4.56. The lowest BCUT2D eigenvalue weighted by molar-refractivity contribution is 0.226. The molecule has 3 unspecified atom stereocenters. The number of rotatable bonds is 4. The van der Waals surface area contributed by atoms with Crippen LogP contribution in [0.2, 0.25) is 0 Å². The Morgan fingerprint density at radius 1 is 1.56 bits per heavy atom. The van der Waals surface area contributed by atoms with E-state index in [0.717, 1.165) is 13.1 Å². The van der Waals surface area contributed by atoms with E-state index in [1.54, 1.807) is 0 Å². The molecule has 0 saturated carbocycles. The van der Waals surface area contributed by atoms with E-state index >= 15 is 0 Å². The smallest absolute Gasteiger partial charge is 0.140 e. The highest BCUT2D eigenvalue weighted by Crippen LogP contribution is 2.22. The summed E-state index contributed by atoms with van der Waals surface area (Å²) in [6.45, 7) is 6.56. The minimum absolute atomic E-state index is 0.313. The van der Waals surface area contributed by atoms with Crippen molar-refractivity contribution >= 4 is 5.84 Å². The van der Waals surface area contributed by atoms with Crippen LogP contribution in [0.3, 0.4) is 0 Å². The van der Waals surface area contributed by atoms with Crippen LogP contribution in [0.15, 0.2) is 5.16 Å². The third-order valence-electron chi connectivity index (χ3n) is 3.52. The second-order valence-electron chi connectivity index (χ2n) is 5.11. The van der Waals surface area contributed by atoms with Crippen molar-refractivity contribution < 1.29 is 5.21 Å². The van der Waals surface area contributed by atoms with Crippen LogP contribution in [0, 0.1) is 5.92 Å². The number of nitrogens with two attached hydrogens (primary N) is 1. The van der Waals surface area contributed by atoms with Crippen LogP contribution in [0.5, 0.6) is 0 Å². The van der Waals surface area contributed by atoms with E-state index in [0.29, 0.717) is 30.3 Å². The van der Waals surface area contributed by atoms with Gasteiger partial charge >= 0.3 is 0 Å². The van der Waals surface area contributed by atoms with E-state index in [9.17, 15) is 0 Å². The van der Waals surface area contributed by atoms with E-state index in [1.165, 1.54) is 0 Å². The van der Waals surface area contributed by atoms with Gasteiger partial charge in [0.1, 0.15) is 5.84 Å². The lowest BCUT2D eigenvalue weighted by atomic mass is 10.1. The molecule has 0 bridgehead atoms. The monoisotopic (exact) mass is 228 g/mol. The fourth-order valence-electron chi connectivity index (χ4n) is 2.49. The highest BCUT2D eigenvalue weighted by atomic mass is 16.4. The minimum Gasteiger partial charge on any atom is -0.409 e. The molecule has 94 valence electrons. The highest BCUT2D eigenvalue weighted by Gasteiger charge is 2.33. The first-order valence-corrected chi connectivity index (χ1v) is 5.82. The number of amidine groups is 1. The molecule has 5 heteroatoms. The maximum Gasteiger partial charge on any atom is 0.140 e. The number of hydrogen-bond donors (Lipinski definition) is 2. The molecule has 1 saturated heterocycles. The summed E-state index contributed by atoms with van der Waals surface area (Å²) in [6.07, 6.45) is 0.628. The summed E-state index contributed by atoms with van der Waals surface area (Å²) in [6, 6.07) is 0.943. The second kappa shape index (κ2) is 5.50. The maximum atomic E-state index is 8.55. The van der Waals surface area contributed by atoms with Crippen molar-refractivity contribution in [3.8, 4) is 0 Å². The molecule has 3 N–H and O–H groups in total. The SMILES string of the molecule is CC1CN(C(C)CC(N)=NO)CC1N(C)C. The van der Waals surface area contributed by atoms with Gasteiger partial charge in [-0.15, -0.1) is 0 Å². The first-order valence-electron chi connectivity index (χ1n) is 5.82. The molecular weight excluding hydrogens is 204 g/mol. The Morgan fingerprint density at radius 3 is 2.62 bits per heavy atom. The fourth-order valence-corrected chi connectivity index (χ4v) is 2.49. The summed E-state index contributed by atoms with van der Waals surface area (Å²) in [5.74, 6) is 0.984. The average Bonchev–Trinajstić information content (AvgIpc) is 2.60. The first-order chi connectivity index (χ1) is 7.45. The molecule has 1 aliphatic rings. The molecule has 0 radical (unpaired) electrons. The Hall–Kier alpha value is -0.810. The highest BCUT2D eigenvalue weighted by molar-refractivity contribution is 5.80. The molecule has 5 nitrogen and oxygen atoms in total. The van der Waals surface area contributed by atoms with Gasteiger partial charge in [-0.25, -0.2) is 0 Å². The molecular formula is C11H24N4O. The van der Waals surface area contributed by atoms with Gasteiger partial charge in [-0.3, -0.25) is 4.90 Å². The van der Waals surface area contributed by atoms with Gasteiger partial charge in [0, 0.05) is 31.6 Å². The number of oxime groups is 1. The Labute approximate surface area is 97.9 Å². The predicted octanol–water partition coefficient (Wildman–Crippen LogP) is 0.393. The Balaban J connectivity index is 2.51. The molecule has 1 fully saturated rings. The summed E-state index contributed by atoms with van der Waals surface area (Å²) in [4.78, 5) is 4.69. The fraction of sp³-hybridized carbons (Fsp3) is 0.909. The van der Waals surface area contributed by atoms with Crippen LogP contribution in [-0.4, -0.2) is 60.1 Å². The van der Waals surface area contributed by atoms with Gasteiger partial charge < -0.3 is 15.8 Å². The van der Waals surface area contributed by atoms with Crippen molar-refractivity contribution in [3.05, 3.63) is 0 Å². The molecule has 1 heterocycles. The lowest BCUT2D eigenvalue weighted by Crippen LogP contribution is -2.38. The van der Waals surface area contributed by atoms with Crippen LogP contribution in [0.1, 0.15) is 20.3 Å². The van der Waals surface area contributed by atoms with Gasteiger partial charge in [0.2, 0.25) is 0 Å². The summed E-state index contributed by atoms with van der Waals surface area (Å²) in [5.41, 5.74) is 5.53. The third-order valence-corrected chi connectivity index (χ3v) is 3.52. The molecule has 0 aromatic rings. The molecule has 1 aliphatic heterocycles. The molecule has 16 heavy (non-hydrogen) atoms. The molecule has 3 atom stereocenters. The largest absolute Gasteiger partial charge is 0.409 e. The zero-order valence-electron chi connectivity index (χ0n) is 10.7.